The molecule has 2 aromatic heterocycles. The summed E-state index contributed by atoms with van der Waals surface area (Å²) >= 11 is 0. The normalized spacial score (nSPS) is 15.4. The molecule has 4 heteroatoms. The van der Waals surface area contributed by atoms with Gasteiger partial charge in [0.15, 0.2) is 17.5 Å². The molecular formula is C43H33N3O. The fourth-order valence-corrected chi connectivity index (χ4v) is 7.21. The number of furan rings is 1. The van der Waals surface area contributed by atoms with Crippen molar-refractivity contribution >= 4 is 33.8 Å². The van der Waals surface area contributed by atoms with Gasteiger partial charge in [-0.1, -0.05) is 121 Å². The molecule has 0 aliphatic heterocycles. The highest BCUT2D eigenvalue weighted by Crippen LogP contribution is 2.45. The Morgan fingerprint density at radius 2 is 1.34 bits per heavy atom. The SMILES string of the molecule is C1=CCCC(c2nc(C3=C(c4ccc(-c5ccc6c(c5)CCC=C6)cc4)CCc4oc5ccccc5c43)nc(-c3ccccc3)n2)=C1. The van der Waals surface area contributed by atoms with Crippen LogP contribution in [0.5, 0.6) is 0 Å². The average molecular weight is 608 g/mol. The van der Waals surface area contributed by atoms with Gasteiger partial charge in [-0.3, -0.25) is 0 Å². The predicted octanol–water partition coefficient (Wildman–Crippen LogP) is 10.5. The van der Waals surface area contributed by atoms with Crippen molar-refractivity contribution in [1.29, 1.82) is 0 Å². The van der Waals surface area contributed by atoms with Crippen molar-refractivity contribution in [3.8, 4) is 22.5 Å². The molecule has 0 unspecified atom stereocenters. The van der Waals surface area contributed by atoms with Gasteiger partial charge >= 0.3 is 0 Å². The summed E-state index contributed by atoms with van der Waals surface area (Å²) in [5.41, 5.74) is 12.8. The van der Waals surface area contributed by atoms with E-state index >= 15 is 0 Å². The van der Waals surface area contributed by atoms with Crippen LogP contribution >= 0.6 is 0 Å². The molecule has 0 fully saturated rings. The van der Waals surface area contributed by atoms with Gasteiger partial charge in [0.1, 0.15) is 11.3 Å². The Morgan fingerprint density at radius 1 is 0.574 bits per heavy atom. The van der Waals surface area contributed by atoms with Gasteiger partial charge in [-0.05, 0) is 77.1 Å². The minimum Gasteiger partial charge on any atom is -0.460 e. The number of aryl methyl sites for hydroxylation is 2. The predicted molar refractivity (Wildman–Crippen MR) is 191 cm³/mol. The molecule has 0 saturated carbocycles. The smallest absolute Gasteiger partial charge is 0.165 e. The van der Waals surface area contributed by atoms with Crippen molar-refractivity contribution in [1.82, 2.24) is 15.0 Å². The number of benzene rings is 4. The summed E-state index contributed by atoms with van der Waals surface area (Å²) in [6.45, 7) is 0. The van der Waals surface area contributed by atoms with Gasteiger partial charge in [-0.2, -0.15) is 0 Å². The van der Waals surface area contributed by atoms with E-state index in [4.69, 9.17) is 19.4 Å². The van der Waals surface area contributed by atoms with Crippen LogP contribution in [0.1, 0.15) is 65.3 Å². The van der Waals surface area contributed by atoms with Crippen molar-refractivity contribution < 1.29 is 4.42 Å². The Balaban J connectivity index is 1.24. The lowest BCUT2D eigenvalue weighted by Crippen LogP contribution is -2.11. The minimum absolute atomic E-state index is 0.686. The molecule has 0 radical (unpaired) electrons. The zero-order valence-electron chi connectivity index (χ0n) is 26.1. The second-order valence-electron chi connectivity index (χ2n) is 12.5. The van der Waals surface area contributed by atoms with Crippen LogP contribution < -0.4 is 0 Å². The molecule has 4 nitrogen and oxygen atoms in total. The van der Waals surface area contributed by atoms with E-state index in [1.54, 1.807) is 0 Å². The van der Waals surface area contributed by atoms with E-state index in [0.29, 0.717) is 11.6 Å². The molecule has 47 heavy (non-hydrogen) atoms. The van der Waals surface area contributed by atoms with Crippen molar-refractivity contribution in [2.24, 2.45) is 0 Å². The zero-order chi connectivity index (χ0) is 31.2. The van der Waals surface area contributed by atoms with E-state index in [0.717, 1.165) is 83.4 Å². The summed E-state index contributed by atoms with van der Waals surface area (Å²) in [5, 5.41) is 1.09. The van der Waals surface area contributed by atoms with E-state index in [9.17, 15) is 0 Å². The molecule has 0 spiro atoms. The Hall–Kier alpha value is -5.61. The fraction of sp³-hybridized carbons (Fsp3) is 0.140. The third kappa shape index (κ3) is 5.07. The number of para-hydroxylation sites is 1. The Bertz CT molecular complexity index is 2280. The van der Waals surface area contributed by atoms with Gasteiger partial charge in [0.2, 0.25) is 0 Å². The van der Waals surface area contributed by atoms with Crippen LogP contribution in [0.4, 0.5) is 0 Å². The lowest BCUT2D eigenvalue weighted by atomic mass is 9.84. The molecule has 0 N–H and O–H groups in total. The van der Waals surface area contributed by atoms with Gasteiger partial charge in [0.05, 0.1) is 0 Å². The Morgan fingerprint density at radius 3 is 2.21 bits per heavy atom. The molecule has 3 aliphatic carbocycles. The lowest BCUT2D eigenvalue weighted by molar-refractivity contribution is 0.547. The van der Waals surface area contributed by atoms with E-state index < -0.39 is 0 Å². The first-order chi connectivity index (χ1) is 23.3. The van der Waals surface area contributed by atoms with Crippen molar-refractivity contribution in [2.75, 3.05) is 0 Å². The monoisotopic (exact) mass is 607 g/mol. The van der Waals surface area contributed by atoms with Crippen LogP contribution in [-0.4, -0.2) is 15.0 Å². The second-order valence-corrected chi connectivity index (χ2v) is 12.5. The summed E-state index contributed by atoms with van der Waals surface area (Å²) in [7, 11) is 0. The molecule has 6 aromatic rings. The highest BCUT2D eigenvalue weighted by atomic mass is 16.3. The van der Waals surface area contributed by atoms with Crippen LogP contribution in [0.2, 0.25) is 0 Å². The summed E-state index contributed by atoms with van der Waals surface area (Å²) in [5.74, 6) is 3.11. The van der Waals surface area contributed by atoms with Gasteiger partial charge < -0.3 is 4.42 Å². The summed E-state index contributed by atoms with van der Waals surface area (Å²) < 4.78 is 6.48. The lowest BCUT2D eigenvalue weighted by Gasteiger charge is -2.21. The third-order valence-electron chi connectivity index (χ3n) is 9.60. The van der Waals surface area contributed by atoms with Crippen LogP contribution in [0.15, 0.2) is 126 Å². The largest absolute Gasteiger partial charge is 0.460 e. The number of nitrogens with zero attached hydrogens (tertiary/aromatic N) is 3. The van der Waals surface area contributed by atoms with E-state index in [2.05, 4.69) is 103 Å². The Kier molecular flexibility index (Phi) is 6.85. The molecule has 0 bridgehead atoms. The van der Waals surface area contributed by atoms with Crippen LogP contribution in [0, 0.1) is 0 Å². The number of allylic oxidation sites excluding steroid dienone is 6. The molecule has 2 heterocycles. The first-order valence-corrected chi connectivity index (χ1v) is 16.6. The average Bonchev–Trinajstić information content (AvgIpc) is 3.54. The van der Waals surface area contributed by atoms with Crippen LogP contribution in [0.25, 0.3) is 56.3 Å². The van der Waals surface area contributed by atoms with Crippen molar-refractivity contribution in [2.45, 2.75) is 38.5 Å². The van der Waals surface area contributed by atoms with E-state index in [1.165, 1.54) is 33.4 Å². The van der Waals surface area contributed by atoms with Gasteiger partial charge in [0.25, 0.3) is 0 Å². The van der Waals surface area contributed by atoms with Crippen LogP contribution in [0.3, 0.4) is 0 Å². The minimum atomic E-state index is 0.686. The van der Waals surface area contributed by atoms with Gasteiger partial charge in [0, 0.05) is 28.5 Å². The first-order valence-electron chi connectivity index (χ1n) is 16.6. The number of hydrogen-bond acceptors (Lipinski definition) is 4. The number of hydrogen-bond donors (Lipinski definition) is 0. The molecule has 0 atom stereocenters. The maximum absolute atomic E-state index is 6.48. The summed E-state index contributed by atoms with van der Waals surface area (Å²) in [6.07, 6.45) is 16.7. The summed E-state index contributed by atoms with van der Waals surface area (Å²) in [4.78, 5) is 15.5. The zero-order valence-corrected chi connectivity index (χ0v) is 26.1. The first kappa shape index (κ1) is 27.7. The quantitative estimate of drug-likeness (QED) is 0.196. The number of rotatable bonds is 5. The molecule has 9 rings (SSSR count). The van der Waals surface area contributed by atoms with Crippen molar-refractivity contribution in [3.05, 3.63) is 161 Å². The summed E-state index contributed by atoms with van der Waals surface area (Å²) in [6, 6.07) is 34.5. The highest BCUT2D eigenvalue weighted by molar-refractivity contribution is 6.06. The standard InChI is InChI=1S/C43H33N3O/c1-3-12-31(13-4-1)41-44-42(32-14-5-2-6-15-32)46-43(45-41)40-35(25-26-38-39(40)36-17-9-10-18-37(36)47-38)30-22-19-29(20-23-30)34-24-21-28-11-7-8-16-33(28)27-34/h1-5,7,9-14,17-24,27H,6,8,15-16,25-26H2. The highest BCUT2D eigenvalue weighted by Gasteiger charge is 2.30. The van der Waals surface area contributed by atoms with Crippen LogP contribution in [-0.2, 0) is 12.8 Å². The van der Waals surface area contributed by atoms with E-state index in [1.807, 2.05) is 24.3 Å². The molecule has 0 amide bonds. The maximum atomic E-state index is 6.48. The fourth-order valence-electron chi connectivity index (χ4n) is 7.21. The van der Waals surface area contributed by atoms with E-state index in [-0.39, 0.29) is 0 Å². The number of fused-ring (bicyclic) bond motifs is 4. The second kappa shape index (κ2) is 11.6. The van der Waals surface area contributed by atoms with Crippen molar-refractivity contribution in [3.63, 3.8) is 0 Å². The van der Waals surface area contributed by atoms with Gasteiger partial charge in [-0.25, -0.2) is 15.0 Å². The molecule has 3 aliphatic rings. The molecule has 226 valence electrons. The molecular weight excluding hydrogens is 574 g/mol. The molecule has 0 saturated heterocycles. The van der Waals surface area contributed by atoms with Gasteiger partial charge in [-0.15, -0.1) is 0 Å². The maximum Gasteiger partial charge on any atom is 0.165 e. The topological polar surface area (TPSA) is 51.8 Å². The molecule has 4 aromatic carbocycles. The Labute approximate surface area is 274 Å². The number of aromatic nitrogens is 3. The third-order valence-corrected chi connectivity index (χ3v) is 9.60.